The van der Waals surface area contributed by atoms with Crippen LogP contribution >= 0.6 is 28.1 Å². The molecule has 1 N–H and O–H groups in total. The zero-order valence-corrected chi connectivity index (χ0v) is 17.4. The van der Waals surface area contributed by atoms with Crippen LogP contribution < -0.4 is 9.50 Å². The lowest BCUT2D eigenvalue weighted by Crippen LogP contribution is -2.45. The topological polar surface area (TPSA) is 75.7 Å². The zero-order chi connectivity index (χ0) is 20.0. The number of nitrogens with zero attached hydrogens (tertiary/aromatic N) is 1. The van der Waals surface area contributed by atoms with Gasteiger partial charge in [-0.25, -0.2) is 4.39 Å². The van der Waals surface area contributed by atoms with E-state index in [9.17, 15) is 17.6 Å². The van der Waals surface area contributed by atoms with Gasteiger partial charge in [0.15, 0.2) is 10.7 Å². The number of halogens is 2. The highest BCUT2D eigenvalue weighted by Crippen LogP contribution is 2.38. The largest absolute Gasteiger partial charge is 0.383 e. The van der Waals surface area contributed by atoms with Gasteiger partial charge in [0, 0.05) is 7.05 Å². The average molecular weight is 473 g/mol. The van der Waals surface area contributed by atoms with Crippen LogP contribution in [0.1, 0.15) is 11.1 Å². The van der Waals surface area contributed by atoms with Gasteiger partial charge in [0.1, 0.15) is 11.6 Å². The molecule has 0 spiro atoms. The molecule has 0 aliphatic carbocycles. The summed E-state index contributed by atoms with van der Waals surface area (Å²) in [4.78, 5) is 14.4. The maximum atomic E-state index is 13.7. The summed E-state index contributed by atoms with van der Waals surface area (Å²) in [7, 11) is -2.23. The van der Waals surface area contributed by atoms with Crippen LogP contribution in [0.3, 0.4) is 0 Å². The fraction of sp³-hybridized carbons (Fsp3) is 0.176. The molecule has 142 valence electrons. The SMILES string of the molecule is CN1C(=O)C(c2cccc(OS(C)(=O)=O)c2)(c2ccc(F)c(Br)c2)NC1=S. The lowest BCUT2D eigenvalue weighted by molar-refractivity contribution is -0.129. The Labute approximate surface area is 169 Å². The number of likely N-dealkylation sites (N-methyl/N-ethyl adjacent to an activating group) is 1. The summed E-state index contributed by atoms with van der Waals surface area (Å²) >= 11 is 8.36. The van der Waals surface area contributed by atoms with Crippen molar-refractivity contribution in [3.8, 4) is 5.75 Å². The quantitative estimate of drug-likeness (QED) is 0.544. The second kappa shape index (κ2) is 6.84. The van der Waals surface area contributed by atoms with Crippen LogP contribution in [-0.2, 0) is 20.5 Å². The minimum absolute atomic E-state index is 0.0469. The molecule has 1 heterocycles. The monoisotopic (exact) mass is 472 g/mol. The summed E-state index contributed by atoms with van der Waals surface area (Å²) in [6, 6.07) is 10.3. The van der Waals surface area contributed by atoms with Gasteiger partial charge in [-0.2, -0.15) is 8.42 Å². The molecular formula is C17H14BrFN2O4S2. The van der Waals surface area contributed by atoms with E-state index in [0.29, 0.717) is 11.1 Å². The van der Waals surface area contributed by atoms with E-state index in [2.05, 4.69) is 21.2 Å². The van der Waals surface area contributed by atoms with Gasteiger partial charge in [-0.1, -0.05) is 18.2 Å². The van der Waals surface area contributed by atoms with Gasteiger partial charge < -0.3 is 9.50 Å². The van der Waals surface area contributed by atoms with Crippen molar-refractivity contribution >= 4 is 49.3 Å². The van der Waals surface area contributed by atoms with E-state index in [1.54, 1.807) is 12.1 Å². The van der Waals surface area contributed by atoms with E-state index in [-0.39, 0.29) is 21.2 Å². The lowest BCUT2D eigenvalue weighted by atomic mass is 9.82. The summed E-state index contributed by atoms with van der Waals surface area (Å²) in [5.74, 6) is -0.822. The fourth-order valence-electron chi connectivity index (χ4n) is 2.88. The lowest BCUT2D eigenvalue weighted by Gasteiger charge is -2.28. The van der Waals surface area contributed by atoms with Gasteiger partial charge in [-0.3, -0.25) is 9.69 Å². The maximum Gasteiger partial charge on any atom is 0.306 e. The van der Waals surface area contributed by atoms with Crippen molar-refractivity contribution in [3.63, 3.8) is 0 Å². The third kappa shape index (κ3) is 3.56. The second-order valence-electron chi connectivity index (χ2n) is 5.99. The van der Waals surface area contributed by atoms with Gasteiger partial charge in [0.2, 0.25) is 0 Å². The number of carbonyl (C=O) groups excluding carboxylic acids is 1. The summed E-state index contributed by atoms with van der Waals surface area (Å²) < 4.78 is 41.8. The number of hydrogen-bond donors (Lipinski definition) is 1. The Morgan fingerprint density at radius 3 is 2.44 bits per heavy atom. The molecule has 2 aromatic rings. The summed E-state index contributed by atoms with van der Waals surface area (Å²) in [5, 5.41) is 3.19. The minimum atomic E-state index is -3.75. The van der Waals surface area contributed by atoms with Gasteiger partial charge >= 0.3 is 10.1 Å². The van der Waals surface area contributed by atoms with Crippen LogP contribution in [0, 0.1) is 5.82 Å². The molecule has 6 nitrogen and oxygen atoms in total. The van der Waals surface area contributed by atoms with Crippen LogP contribution in [0.5, 0.6) is 5.75 Å². The fourth-order valence-corrected chi connectivity index (χ4v) is 3.95. The van der Waals surface area contributed by atoms with Gasteiger partial charge in [0.25, 0.3) is 5.91 Å². The number of amides is 1. The predicted molar refractivity (Wildman–Crippen MR) is 105 cm³/mol. The van der Waals surface area contributed by atoms with Crippen LogP contribution in [0.25, 0.3) is 0 Å². The Kier molecular flexibility index (Phi) is 5.00. The molecule has 1 atom stereocenters. The molecule has 0 bridgehead atoms. The van der Waals surface area contributed by atoms with Crippen LogP contribution in [-0.4, -0.2) is 37.6 Å². The summed E-state index contributed by atoms with van der Waals surface area (Å²) in [5.41, 5.74) is -0.610. The summed E-state index contributed by atoms with van der Waals surface area (Å²) in [6.45, 7) is 0. The van der Waals surface area contributed by atoms with E-state index >= 15 is 0 Å². The van der Waals surface area contributed by atoms with Crippen molar-refractivity contribution in [2.24, 2.45) is 0 Å². The Hall–Kier alpha value is -2.04. The van der Waals surface area contributed by atoms with E-state index in [1.165, 1.54) is 42.3 Å². The molecule has 1 amide bonds. The van der Waals surface area contributed by atoms with Gasteiger partial charge in [0.05, 0.1) is 10.7 Å². The Morgan fingerprint density at radius 2 is 1.89 bits per heavy atom. The molecule has 0 saturated carbocycles. The molecule has 1 unspecified atom stereocenters. The Balaban J connectivity index is 2.23. The molecule has 1 aliphatic rings. The molecule has 2 aromatic carbocycles. The van der Waals surface area contributed by atoms with E-state index < -0.39 is 21.5 Å². The molecule has 1 saturated heterocycles. The highest BCUT2D eigenvalue weighted by atomic mass is 79.9. The van der Waals surface area contributed by atoms with E-state index in [0.717, 1.165) is 6.26 Å². The molecule has 3 rings (SSSR count). The molecule has 10 heteroatoms. The molecule has 27 heavy (non-hydrogen) atoms. The average Bonchev–Trinajstić information content (AvgIpc) is 2.81. The molecular weight excluding hydrogens is 459 g/mol. The smallest absolute Gasteiger partial charge is 0.306 e. The molecule has 0 aromatic heterocycles. The van der Waals surface area contributed by atoms with E-state index in [4.69, 9.17) is 16.4 Å². The van der Waals surface area contributed by atoms with Crippen LogP contribution in [0.15, 0.2) is 46.9 Å². The van der Waals surface area contributed by atoms with E-state index in [1.807, 2.05) is 0 Å². The third-order valence-corrected chi connectivity index (χ3v) is 5.57. The van der Waals surface area contributed by atoms with Crippen molar-refractivity contribution < 1.29 is 21.8 Å². The predicted octanol–water partition coefficient (Wildman–Crippen LogP) is 2.52. The van der Waals surface area contributed by atoms with Crippen molar-refractivity contribution in [2.45, 2.75) is 5.54 Å². The normalized spacial score (nSPS) is 19.9. The third-order valence-electron chi connectivity index (χ3n) is 4.09. The van der Waals surface area contributed by atoms with Gasteiger partial charge in [-0.05, 0) is 63.5 Å². The summed E-state index contributed by atoms with van der Waals surface area (Å²) in [6.07, 6.45) is 0.925. The minimum Gasteiger partial charge on any atom is -0.383 e. The molecule has 0 radical (unpaired) electrons. The Bertz CT molecular complexity index is 1060. The highest BCUT2D eigenvalue weighted by molar-refractivity contribution is 9.10. The molecule has 1 aliphatic heterocycles. The first-order valence-electron chi connectivity index (χ1n) is 7.60. The maximum absolute atomic E-state index is 13.7. The first kappa shape index (κ1) is 19.7. The van der Waals surface area contributed by atoms with Crippen LogP contribution in [0.2, 0.25) is 0 Å². The standard InChI is InChI=1S/C17H14BrFN2O4S2/c1-21-15(22)17(20-16(21)26,11-6-7-14(19)13(18)9-11)10-4-3-5-12(8-10)25-27(2,23)24/h3-9H,1-2H3,(H,20,26). The number of hydrogen-bond acceptors (Lipinski definition) is 5. The highest BCUT2D eigenvalue weighted by Gasteiger charge is 2.51. The number of nitrogens with one attached hydrogen (secondary N) is 1. The van der Waals surface area contributed by atoms with Gasteiger partial charge in [-0.15, -0.1) is 0 Å². The van der Waals surface area contributed by atoms with Crippen molar-refractivity contribution in [1.29, 1.82) is 0 Å². The second-order valence-corrected chi connectivity index (χ2v) is 8.80. The van der Waals surface area contributed by atoms with Crippen LogP contribution in [0.4, 0.5) is 4.39 Å². The number of benzene rings is 2. The number of rotatable bonds is 4. The zero-order valence-electron chi connectivity index (χ0n) is 14.2. The first-order chi connectivity index (χ1) is 12.5. The van der Waals surface area contributed by atoms with Crippen molar-refractivity contribution in [2.75, 3.05) is 13.3 Å². The molecule has 1 fully saturated rings. The number of thiocarbonyl (C=S) groups is 1. The van der Waals surface area contributed by atoms with Crippen molar-refractivity contribution in [1.82, 2.24) is 10.2 Å². The Morgan fingerprint density at radius 1 is 1.22 bits per heavy atom. The number of carbonyl (C=O) groups is 1. The van der Waals surface area contributed by atoms with Crippen molar-refractivity contribution in [3.05, 3.63) is 63.9 Å². The first-order valence-corrected chi connectivity index (χ1v) is 10.6.